The van der Waals surface area contributed by atoms with Gasteiger partial charge in [0.1, 0.15) is 5.75 Å². The van der Waals surface area contributed by atoms with Crippen LogP contribution in [-0.2, 0) is 0 Å². The highest BCUT2D eigenvalue weighted by Crippen LogP contribution is 2.40. The highest BCUT2D eigenvalue weighted by atomic mass is 35.5. The minimum Gasteiger partial charge on any atom is -0.493 e. The zero-order chi connectivity index (χ0) is 19.5. The maximum absolute atomic E-state index is 6.39. The predicted octanol–water partition coefficient (Wildman–Crippen LogP) is 7.02. The minimum absolute atomic E-state index is 0.679. The number of benzene rings is 2. The minimum atomic E-state index is 0.679. The molecule has 2 aromatic heterocycles. The van der Waals surface area contributed by atoms with Crippen molar-refractivity contribution >= 4 is 22.9 Å². The summed E-state index contributed by atoms with van der Waals surface area (Å²) in [5.41, 5.74) is 4.25. The van der Waals surface area contributed by atoms with Gasteiger partial charge in [-0.2, -0.15) is 5.10 Å². The van der Waals surface area contributed by atoms with Crippen molar-refractivity contribution < 1.29 is 4.74 Å². The van der Waals surface area contributed by atoms with Gasteiger partial charge in [-0.05, 0) is 55.8 Å². The molecule has 0 atom stereocenters. The molecule has 0 aliphatic rings. The number of aryl methyl sites for hydroxylation is 1. The smallest absolute Gasteiger partial charge is 0.127 e. The van der Waals surface area contributed by atoms with Crippen molar-refractivity contribution in [1.29, 1.82) is 0 Å². The maximum Gasteiger partial charge on any atom is 0.127 e. The van der Waals surface area contributed by atoms with Crippen molar-refractivity contribution in [3.63, 3.8) is 0 Å². The van der Waals surface area contributed by atoms with E-state index in [2.05, 4.69) is 49.3 Å². The summed E-state index contributed by atoms with van der Waals surface area (Å²) in [5.74, 6) is 0.931. The molecule has 2 heterocycles. The molecule has 0 saturated carbocycles. The van der Waals surface area contributed by atoms with E-state index in [0.717, 1.165) is 34.0 Å². The number of hydrogen-bond acceptors (Lipinski definition) is 3. The van der Waals surface area contributed by atoms with Gasteiger partial charge in [0, 0.05) is 10.4 Å². The Labute approximate surface area is 174 Å². The highest BCUT2D eigenvalue weighted by Gasteiger charge is 2.15. The second-order valence-corrected chi connectivity index (χ2v) is 8.08. The summed E-state index contributed by atoms with van der Waals surface area (Å²) in [6, 6.07) is 20.4. The first-order chi connectivity index (χ1) is 13.7. The van der Waals surface area contributed by atoms with E-state index in [4.69, 9.17) is 16.3 Å². The number of hydrogen-bond donors (Lipinski definition) is 0. The highest BCUT2D eigenvalue weighted by molar-refractivity contribution is 7.18. The van der Waals surface area contributed by atoms with Crippen LogP contribution in [0, 0.1) is 6.92 Å². The van der Waals surface area contributed by atoms with Crippen LogP contribution >= 0.6 is 22.9 Å². The summed E-state index contributed by atoms with van der Waals surface area (Å²) in [5, 5.41) is 5.17. The third-order valence-corrected chi connectivity index (χ3v) is 5.90. The molecule has 0 N–H and O–H groups in total. The van der Waals surface area contributed by atoms with Gasteiger partial charge in [-0.25, -0.2) is 4.68 Å². The molecule has 142 valence electrons. The normalized spacial score (nSPS) is 11.0. The fourth-order valence-corrected chi connectivity index (χ4v) is 4.35. The molecule has 0 saturated heterocycles. The second-order valence-electron chi connectivity index (χ2n) is 6.59. The average Bonchev–Trinajstić information content (AvgIpc) is 3.36. The van der Waals surface area contributed by atoms with Gasteiger partial charge in [0.25, 0.3) is 0 Å². The molecule has 28 heavy (non-hydrogen) atoms. The van der Waals surface area contributed by atoms with Gasteiger partial charge in [0.15, 0.2) is 0 Å². The van der Waals surface area contributed by atoms with E-state index >= 15 is 0 Å². The summed E-state index contributed by atoms with van der Waals surface area (Å²) < 4.78 is 7.87. The Hall–Kier alpha value is -2.56. The molecule has 2 aromatic carbocycles. The SMILES string of the molecule is CCCOc1ccc(C)cc1-c1ccc(-c2ccnn2-c2ccccc2Cl)s1. The van der Waals surface area contributed by atoms with Crippen LogP contribution in [0.3, 0.4) is 0 Å². The largest absolute Gasteiger partial charge is 0.493 e. The fourth-order valence-electron chi connectivity index (χ4n) is 3.10. The van der Waals surface area contributed by atoms with Crippen LogP contribution in [0.5, 0.6) is 5.75 Å². The monoisotopic (exact) mass is 408 g/mol. The molecule has 4 aromatic rings. The molecular formula is C23H21ClN2OS. The molecule has 5 heteroatoms. The lowest BCUT2D eigenvalue weighted by Gasteiger charge is -2.11. The van der Waals surface area contributed by atoms with Crippen molar-refractivity contribution in [3.8, 4) is 32.4 Å². The van der Waals surface area contributed by atoms with Crippen LogP contribution in [0.4, 0.5) is 0 Å². The summed E-state index contributed by atoms with van der Waals surface area (Å²) in [7, 11) is 0. The molecular weight excluding hydrogens is 388 g/mol. The van der Waals surface area contributed by atoms with E-state index in [1.165, 1.54) is 10.4 Å². The molecule has 0 unspecified atom stereocenters. The van der Waals surface area contributed by atoms with Gasteiger partial charge in [-0.1, -0.05) is 42.3 Å². The summed E-state index contributed by atoms with van der Waals surface area (Å²) in [6.45, 7) is 4.94. The van der Waals surface area contributed by atoms with Crippen LogP contribution in [0.15, 0.2) is 66.9 Å². The van der Waals surface area contributed by atoms with Gasteiger partial charge in [-0.15, -0.1) is 11.3 Å². The van der Waals surface area contributed by atoms with Crippen LogP contribution in [-0.4, -0.2) is 16.4 Å². The van der Waals surface area contributed by atoms with Crippen molar-refractivity contribution in [2.24, 2.45) is 0 Å². The third kappa shape index (κ3) is 3.71. The number of aromatic nitrogens is 2. The molecule has 0 amide bonds. The zero-order valence-corrected chi connectivity index (χ0v) is 17.4. The lowest BCUT2D eigenvalue weighted by molar-refractivity contribution is 0.319. The van der Waals surface area contributed by atoms with Crippen LogP contribution in [0.1, 0.15) is 18.9 Å². The van der Waals surface area contributed by atoms with E-state index in [-0.39, 0.29) is 0 Å². The van der Waals surface area contributed by atoms with Crippen LogP contribution < -0.4 is 4.74 Å². The summed E-state index contributed by atoms with van der Waals surface area (Å²) in [4.78, 5) is 2.31. The molecule has 0 spiro atoms. The Kier molecular flexibility index (Phi) is 5.51. The molecule has 3 nitrogen and oxygen atoms in total. The van der Waals surface area contributed by atoms with E-state index in [1.807, 2.05) is 35.0 Å². The maximum atomic E-state index is 6.39. The molecule has 0 radical (unpaired) electrons. The molecule has 0 aliphatic carbocycles. The molecule has 0 bridgehead atoms. The number of ether oxygens (including phenoxy) is 1. The number of nitrogens with zero attached hydrogens (tertiary/aromatic N) is 2. The first-order valence-electron chi connectivity index (χ1n) is 9.30. The van der Waals surface area contributed by atoms with Gasteiger partial charge >= 0.3 is 0 Å². The molecule has 4 rings (SSSR count). The summed E-state index contributed by atoms with van der Waals surface area (Å²) in [6.07, 6.45) is 2.79. The van der Waals surface area contributed by atoms with Gasteiger partial charge in [0.2, 0.25) is 0 Å². The number of halogens is 1. The fraction of sp³-hybridized carbons (Fsp3) is 0.174. The Morgan fingerprint density at radius 3 is 2.68 bits per heavy atom. The number of rotatable bonds is 6. The van der Waals surface area contributed by atoms with E-state index in [0.29, 0.717) is 11.6 Å². The van der Waals surface area contributed by atoms with Crippen molar-refractivity contribution in [3.05, 3.63) is 77.4 Å². The Balaban J connectivity index is 1.74. The topological polar surface area (TPSA) is 27.1 Å². The van der Waals surface area contributed by atoms with Crippen molar-refractivity contribution in [1.82, 2.24) is 9.78 Å². The van der Waals surface area contributed by atoms with E-state index < -0.39 is 0 Å². The first kappa shape index (κ1) is 18.8. The van der Waals surface area contributed by atoms with E-state index in [9.17, 15) is 0 Å². The molecule has 0 fully saturated rings. The first-order valence-corrected chi connectivity index (χ1v) is 10.5. The van der Waals surface area contributed by atoms with Crippen molar-refractivity contribution in [2.75, 3.05) is 6.61 Å². The average molecular weight is 409 g/mol. The van der Waals surface area contributed by atoms with Gasteiger partial charge < -0.3 is 4.74 Å². The number of thiophene rings is 1. The van der Waals surface area contributed by atoms with Crippen LogP contribution in [0.2, 0.25) is 5.02 Å². The second kappa shape index (κ2) is 8.21. The quantitative estimate of drug-likeness (QED) is 0.342. The Bertz CT molecular complexity index is 1100. The predicted molar refractivity (Wildman–Crippen MR) is 118 cm³/mol. The zero-order valence-electron chi connectivity index (χ0n) is 15.9. The van der Waals surface area contributed by atoms with E-state index in [1.54, 1.807) is 17.5 Å². The van der Waals surface area contributed by atoms with Gasteiger partial charge in [0.05, 0.1) is 34.1 Å². The van der Waals surface area contributed by atoms with Crippen LogP contribution in [0.25, 0.3) is 26.7 Å². The summed E-state index contributed by atoms with van der Waals surface area (Å²) >= 11 is 8.12. The Morgan fingerprint density at radius 2 is 1.86 bits per heavy atom. The molecule has 0 aliphatic heterocycles. The lowest BCUT2D eigenvalue weighted by Crippen LogP contribution is -1.98. The number of para-hydroxylation sites is 1. The lowest BCUT2D eigenvalue weighted by atomic mass is 10.1. The van der Waals surface area contributed by atoms with Gasteiger partial charge in [-0.3, -0.25) is 0 Å². The Morgan fingerprint density at radius 1 is 1.04 bits per heavy atom. The van der Waals surface area contributed by atoms with Crippen molar-refractivity contribution in [2.45, 2.75) is 20.3 Å². The standard InChI is InChI=1S/C23H21ClN2OS/c1-3-14-27-21-9-8-16(2)15-17(21)22-10-11-23(28-22)20-12-13-25-26(20)19-7-5-4-6-18(19)24/h4-13,15H,3,14H2,1-2H3. The third-order valence-electron chi connectivity index (χ3n) is 4.44.